The summed E-state index contributed by atoms with van der Waals surface area (Å²) in [6.07, 6.45) is 0.454. The van der Waals surface area contributed by atoms with Gasteiger partial charge >= 0.3 is 5.97 Å². The van der Waals surface area contributed by atoms with Gasteiger partial charge in [-0.15, -0.1) is 0 Å². The molecular weight excluding hydrogens is 203 g/mol. The molecule has 15 heavy (non-hydrogen) atoms. The molecule has 0 aliphatic carbocycles. The lowest BCUT2D eigenvalue weighted by Crippen LogP contribution is -2.04. The van der Waals surface area contributed by atoms with E-state index in [-0.39, 0.29) is 17.1 Å². The Morgan fingerprint density at radius 2 is 2.13 bits per heavy atom. The Bertz CT molecular complexity index is 401. The van der Waals surface area contributed by atoms with Gasteiger partial charge in [0.25, 0.3) is 0 Å². The molecule has 1 aromatic carbocycles. The normalized spacial score (nSPS) is 9.53. The first-order chi connectivity index (χ1) is 7.08. The van der Waals surface area contributed by atoms with Gasteiger partial charge in [-0.3, -0.25) is 9.59 Å². The number of halogens is 1. The minimum absolute atomic E-state index is 0.0737. The number of aldehydes is 1. The van der Waals surface area contributed by atoms with Gasteiger partial charge < -0.3 is 9.47 Å². The molecule has 0 aromatic heterocycles. The van der Waals surface area contributed by atoms with E-state index < -0.39 is 11.8 Å². The molecule has 1 rings (SSSR count). The standard InChI is InChI=1S/C10H9FO4/c1-6(13)15-9-4-7(5-12)3-8(11)10(9)14-2/h3-5H,1-2H3. The Morgan fingerprint density at radius 3 is 2.60 bits per heavy atom. The number of carbonyl (C=O) groups excluding carboxylic acids is 2. The van der Waals surface area contributed by atoms with Crippen molar-refractivity contribution >= 4 is 12.3 Å². The molecule has 0 bridgehead atoms. The molecule has 0 amide bonds. The maximum absolute atomic E-state index is 13.3. The van der Waals surface area contributed by atoms with Crippen LogP contribution in [0.2, 0.25) is 0 Å². The largest absolute Gasteiger partial charge is 0.490 e. The Hall–Kier alpha value is -1.91. The predicted molar refractivity (Wildman–Crippen MR) is 49.6 cm³/mol. The van der Waals surface area contributed by atoms with E-state index in [1.54, 1.807) is 0 Å². The first kappa shape index (κ1) is 11.2. The van der Waals surface area contributed by atoms with Crippen LogP contribution in [-0.4, -0.2) is 19.4 Å². The summed E-state index contributed by atoms with van der Waals surface area (Å²) >= 11 is 0. The zero-order valence-electron chi connectivity index (χ0n) is 8.24. The van der Waals surface area contributed by atoms with Crippen molar-refractivity contribution in [3.05, 3.63) is 23.5 Å². The molecule has 0 radical (unpaired) electrons. The van der Waals surface area contributed by atoms with Crippen molar-refractivity contribution in [1.82, 2.24) is 0 Å². The summed E-state index contributed by atoms with van der Waals surface area (Å²) in [6, 6.07) is 2.23. The van der Waals surface area contributed by atoms with Gasteiger partial charge in [-0.05, 0) is 12.1 Å². The molecule has 0 unspecified atom stereocenters. The van der Waals surface area contributed by atoms with E-state index in [0.717, 1.165) is 6.07 Å². The fourth-order valence-electron chi connectivity index (χ4n) is 1.08. The second-order valence-corrected chi connectivity index (χ2v) is 2.75. The Labute approximate surface area is 85.6 Å². The van der Waals surface area contributed by atoms with Crippen LogP contribution in [0, 0.1) is 5.82 Å². The van der Waals surface area contributed by atoms with Crippen LogP contribution in [0.15, 0.2) is 12.1 Å². The van der Waals surface area contributed by atoms with Crippen LogP contribution in [0.4, 0.5) is 4.39 Å². The maximum atomic E-state index is 13.3. The van der Waals surface area contributed by atoms with E-state index in [1.807, 2.05) is 0 Å². The minimum Gasteiger partial charge on any atom is -0.490 e. The van der Waals surface area contributed by atoms with Gasteiger partial charge in [0.15, 0.2) is 17.3 Å². The Balaban J connectivity index is 3.25. The zero-order chi connectivity index (χ0) is 11.4. The fraction of sp³-hybridized carbons (Fsp3) is 0.200. The third-order valence-electron chi connectivity index (χ3n) is 1.63. The highest BCUT2D eigenvalue weighted by atomic mass is 19.1. The van der Waals surface area contributed by atoms with Crippen molar-refractivity contribution in [2.24, 2.45) is 0 Å². The molecule has 0 fully saturated rings. The van der Waals surface area contributed by atoms with Crippen LogP contribution in [0.3, 0.4) is 0 Å². The third-order valence-corrected chi connectivity index (χ3v) is 1.63. The highest BCUT2D eigenvalue weighted by Crippen LogP contribution is 2.31. The summed E-state index contributed by atoms with van der Waals surface area (Å²) in [4.78, 5) is 21.2. The molecule has 0 aliphatic heterocycles. The monoisotopic (exact) mass is 212 g/mol. The van der Waals surface area contributed by atoms with Crippen molar-refractivity contribution in [3.8, 4) is 11.5 Å². The topological polar surface area (TPSA) is 52.6 Å². The summed E-state index contributed by atoms with van der Waals surface area (Å²) < 4.78 is 22.7. The summed E-state index contributed by atoms with van der Waals surface area (Å²) in [5.41, 5.74) is 0.0737. The third kappa shape index (κ3) is 2.52. The average Bonchev–Trinajstić information content (AvgIpc) is 2.16. The summed E-state index contributed by atoms with van der Waals surface area (Å²) in [7, 11) is 1.24. The molecule has 80 valence electrons. The SMILES string of the molecule is COc1c(F)cc(C=O)cc1OC(C)=O. The van der Waals surface area contributed by atoms with Crippen LogP contribution in [0.25, 0.3) is 0 Å². The second kappa shape index (κ2) is 4.54. The molecule has 5 heteroatoms. The predicted octanol–water partition coefficient (Wildman–Crippen LogP) is 1.57. The van der Waals surface area contributed by atoms with Crippen molar-refractivity contribution in [2.75, 3.05) is 7.11 Å². The first-order valence-corrected chi connectivity index (χ1v) is 4.09. The highest BCUT2D eigenvalue weighted by molar-refractivity contribution is 5.78. The number of benzene rings is 1. The lowest BCUT2D eigenvalue weighted by molar-refractivity contribution is -0.132. The zero-order valence-corrected chi connectivity index (χ0v) is 8.24. The molecule has 0 atom stereocenters. The molecule has 0 saturated carbocycles. The number of methoxy groups -OCH3 is 1. The molecule has 4 nitrogen and oxygen atoms in total. The van der Waals surface area contributed by atoms with Gasteiger partial charge in [-0.1, -0.05) is 0 Å². The van der Waals surface area contributed by atoms with Crippen molar-refractivity contribution in [1.29, 1.82) is 0 Å². The maximum Gasteiger partial charge on any atom is 0.308 e. The minimum atomic E-state index is -0.752. The van der Waals surface area contributed by atoms with Crippen LogP contribution in [-0.2, 0) is 4.79 Å². The number of ether oxygens (including phenoxy) is 2. The van der Waals surface area contributed by atoms with Gasteiger partial charge in [0, 0.05) is 12.5 Å². The number of hydrogen-bond donors (Lipinski definition) is 0. The lowest BCUT2D eigenvalue weighted by atomic mass is 10.2. The summed E-state index contributed by atoms with van der Waals surface area (Å²) in [6.45, 7) is 1.17. The Kier molecular flexibility index (Phi) is 3.38. The number of hydrogen-bond acceptors (Lipinski definition) is 4. The molecular formula is C10H9FO4. The average molecular weight is 212 g/mol. The van der Waals surface area contributed by atoms with E-state index >= 15 is 0 Å². The molecule has 0 spiro atoms. The number of rotatable bonds is 3. The summed E-state index contributed by atoms with van der Waals surface area (Å²) in [5.74, 6) is -1.67. The van der Waals surface area contributed by atoms with Crippen LogP contribution in [0.1, 0.15) is 17.3 Å². The van der Waals surface area contributed by atoms with E-state index in [4.69, 9.17) is 9.47 Å². The Morgan fingerprint density at radius 1 is 1.47 bits per heavy atom. The lowest BCUT2D eigenvalue weighted by Gasteiger charge is -2.09. The molecule has 0 N–H and O–H groups in total. The number of esters is 1. The smallest absolute Gasteiger partial charge is 0.308 e. The van der Waals surface area contributed by atoms with Crippen molar-refractivity contribution < 1.29 is 23.5 Å². The van der Waals surface area contributed by atoms with Crippen molar-refractivity contribution in [3.63, 3.8) is 0 Å². The van der Waals surface area contributed by atoms with Crippen LogP contribution >= 0.6 is 0 Å². The molecule has 1 aromatic rings. The van der Waals surface area contributed by atoms with Gasteiger partial charge in [-0.25, -0.2) is 4.39 Å². The number of carbonyl (C=O) groups is 2. The van der Waals surface area contributed by atoms with Gasteiger partial charge in [0.05, 0.1) is 7.11 Å². The molecule has 0 aliphatic rings. The quantitative estimate of drug-likeness (QED) is 0.433. The second-order valence-electron chi connectivity index (χ2n) is 2.75. The van der Waals surface area contributed by atoms with E-state index in [0.29, 0.717) is 6.29 Å². The fourth-order valence-corrected chi connectivity index (χ4v) is 1.08. The van der Waals surface area contributed by atoms with Crippen LogP contribution in [0.5, 0.6) is 11.5 Å². The molecule has 0 saturated heterocycles. The van der Waals surface area contributed by atoms with Gasteiger partial charge in [0.1, 0.15) is 6.29 Å². The highest BCUT2D eigenvalue weighted by Gasteiger charge is 2.14. The van der Waals surface area contributed by atoms with Crippen molar-refractivity contribution in [2.45, 2.75) is 6.92 Å². The van der Waals surface area contributed by atoms with E-state index in [1.165, 1.54) is 20.1 Å². The van der Waals surface area contributed by atoms with E-state index in [9.17, 15) is 14.0 Å². The first-order valence-electron chi connectivity index (χ1n) is 4.09. The molecule has 0 heterocycles. The summed E-state index contributed by atoms with van der Waals surface area (Å²) in [5, 5.41) is 0. The van der Waals surface area contributed by atoms with Gasteiger partial charge in [-0.2, -0.15) is 0 Å². The van der Waals surface area contributed by atoms with Gasteiger partial charge in [0.2, 0.25) is 0 Å². The van der Waals surface area contributed by atoms with E-state index in [2.05, 4.69) is 0 Å². The van der Waals surface area contributed by atoms with Crippen LogP contribution < -0.4 is 9.47 Å².